The molecule has 0 saturated heterocycles. The zero-order chi connectivity index (χ0) is 18.9. The Hall–Kier alpha value is -1.99. The van der Waals surface area contributed by atoms with Crippen LogP contribution < -0.4 is 4.74 Å². The maximum absolute atomic E-state index is 14.7. The van der Waals surface area contributed by atoms with E-state index in [2.05, 4.69) is 0 Å². The number of hydrogen-bond acceptors (Lipinski definition) is 4. The molecule has 0 radical (unpaired) electrons. The summed E-state index contributed by atoms with van der Waals surface area (Å²) >= 11 is 5.87. The largest absolute Gasteiger partial charge is 0.490 e. The molecule has 0 aromatic heterocycles. The van der Waals surface area contributed by atoms with Gasteiger partial charge in [0.25, 0.3) is 0 Å². The van der Waals surface area contributed by atoms with Crippen molar-refractivity contribution in [3.63, 3.8) is 0 Å². The minimum absolute atomic E-state index is 0.0102. The Kier molecular flexibility index (Phi) is 5.29. The van der Waals surface area contributed by atoms with E-state index in [1.54, 1.807) is 12.1 Å². The first-order valence-corrected chi connectivity index (χ1v) is 9.27. The van der Waals surface area contributed by atoms with Crippen molar-refractivity contribution in [1.29, 1.82) is 0 Å². The Labute approximate surface area is 156 Å². The highest BCUT2D eigenvalue weighted by Gasteiger charge is 2.48. The molecule has 2 atom stereocenters. The molecular formula is C18H15ClF2O4S. The van der Waals surface area contributed by atoms with Gasteiger partial charge in [-0.1, -0.05) is 11.6 Å². The third-order valence-electron chi connectivity index (χ3n) is 4.31. The number of fused-ring (bicyclic) bond motifs is 1. The molecule has 0 bridgehead atoms. The second-order valence-corrected chi connectivity index (χ2v) is 8.03. The Balaban J connectivity index is 2.22. The minimum atomic E-state index is -1.88. The Morgan fingerprint density at radius 1 is 1.23 bits per heavy atom. The summed E-state index contributed by atoms with van der Waals surface area (Å²) in [6.07, 6.45) is -0.319. The zero-order valence-electron chi connectivity index (χ0n) is 13.8. The molecule has 0 saturated carbocycles. The van der Waals surface area contributed by atoms with Gasteiger partial charge in [0.2, 0.25) is 0 Å². The summed E-state index contributed by atoms with van der Waals surface area (Å²) in [6.45, 7) is -0.0102. The molecule has 0 N–H and O–H groups in total. The first kappa shape index (κ1) is 18.8. The Morgan fingerprint density at radius 3 is 2.54 bits per heavy atom. The van der Waals surface area contributed by atoms with Crippen LogP contribution in [-0.2, 0) is 25.1 Å². The number of halogens is 3. The summed E-state index contributed by atoms with van der Waals surface area (Å²) in [5.41, 5.74) is -0.206. The highest BCUT2D eigenvalue weighted by Crippen LogP contribution is 2.48. The standard InChI is InChI=1S/C18H15ClF2O4S/c1-24-15(22)10-18(26(23)12-4-2-11(19)3-5-12)8-9-25-17-14(21)7-6-13(20)16(17)18/h2-7H,8-10H2,1H3. The molecule has 3 rings (SSSR count). The molecule has 1 heterocycles. The predicted octanol–water partition coefficient (Wildman–Crippen LogP) is 3.97. The van der Waals surface area contributed by atoms with Crippen LogP contribution in [-0.4, -0.2) is 23.9 Å². The van der Waals surface area contributed by atoms with Gasteiger partial charge < -0.3 is 9.47 Å². The van der Waals surface area contributed by atoms with E-state index in [4.69, 9.17) is 21.1 Å². The molecule has 4 nitrogen and oxygen atoms in total. The van der Waals surface area contributed by atoms with Crippen LogP contribution in [0, 0.1) is 11.6 Å². The van der Waals surface area contributed by atoms with Gasteiger partial charge in [0.1, 0.15) is 5.82 Å². The number of carbonyl (C=O) groups is 1. The maximum atomic E-state index is 14.7. The average Bonchev–Trinajstić information content (AvgIpc) is 2.64. The van der Waals surface area contributed by atoms with E-state index in [-0.39, 0.29) is 30.8 Å². The third kappa shape index (κ3) is 3.21. The van der Waals surface area contributed by atoms with Gasteiger partial charge in [-0.25, -0.2) is 8.78 Å². The van der Waals surface area contributed by atoms with E-state index in [0.717, 1.165) is 12.1 Å². The van der Waals surface area contributed by atoms with Gasteiger partial charge in [-0.3, -0.25) is 9.00 Å². The van der Waals surface area contributed by atoms with E-state index in [1.807, 2.05) is 0 Å². The van der Waals surface area contributed by atoms with Crippen LogP contribution in [0.15, 0.2) is 41.3 Å². The number of ether oxygens (including phenoxy) is 2. The summed E-state index contributed by atoms with van der Waals surface area (Å²) in [6, 6.07) is 8.03. The highest BCUT2D eigenvalue weighted by molar-refractivity contribution is 7.86. The van der Waals surface area contributed by atoms with Crippen LogP contribution in [0.4, 0.5) is 8.78 Å². The van der Waals surface area contributed by atoms with Crippen LogP contribution in [0.1, 0.15) is 18.4 Å². The fourth-order valence-electron chi connectivity index (χ4n) is 3.06. The fraction of sp³-hybridized carbons (Fsp3) is 0.278. The number of esters is 1. The van der Waals surface area contributed by atoms with Gasteiger partial charge in [-0.15, -0.1) is 0 Å². The van der Waals surface area contributed by atoms with Crippen molar-refractivity contribution in [1.82, 2.24) is 0 Å². The SMILES string of the molecule is COC(=O)CC1(S(=O)c2ccc(Cl)cc2)CCOc2c(F)ccc(F)c21. The van der Waals surface area contributed by atoms with Crippen molar-refractivity contribution in [3.05, 3.63) is 58.6 Å². The van der Waals surface area contributed by atoms with Crippen LogP contribution in [0.25, 0.3) is 0 Å². The van der Waals surface area contributed by atoms with Crippen LogP contribution in [0.2, 0.25) is 5.02 Å². The molecule has 2 unspecified atom stereocenters. The molecule has 138 valence electrons. The van der Waals surface area contributed by atoms with E-state index in [1.165, 1.54) is 19.2 Å². The van der Waals surface area contributed by atoms with E-state index in [9.17, 15) is 17.8 Å². The van der Waals surface area contributed by atoms with Crippen molar-refractivity contribution >= 4 is 28.4 Å². The van der Waals surface area contributed by atoms with Crippen LogP contribution in [0.3, 0.4) is 0 Å². The van der Waals surface area contributed by atoms with Gasteiger partial charge >= 0.3 is 5.97 Å². The lowest BCUT2D eigenvalue weighted by Crippen LogP contribution is -2.40. The summed E-state index contributed by atoms with van der Waals surface area (Å²) < 4.78 is 50.8. The number of hydrogen-bond donors (Lipinski definition) is 0. The van der Waals surface area contributed by atoms with E-state index < -0.39 is 33.2 Å². The van der Waals surface area contributed by atoms with Gasteiger partial charge in [0.15, 0.2) is 11.6 Å². The summed E-state index contributed by atoms with van der Waals surface area (Å²) in [5.74, 6) is -2.55. The third-order valence-corrected chi connectivity index (χ3v) is 6.52. The van der Waals surface area contributed by atoms with Crippen LogP contribution in [0.5, 0.6) is 5.75 Å². The smallest absolute Gasteiger partial charge is 0.307 e. The lowest BCUT2D eigenvalue weighted by molar-refractivity contribution is -0.141. The van der Waals surface area contributed by atoms with Gasteiger partial charge in [-0.05, 0) is 36.4 Å². The second-order valence-electron chi connectivity index (χ2n) is 5.80. The number of rotatable bonds is 4. The predicted molar refractivity (Wildman–Crippen MR) is 92.6 cm³/mol. The van der Waals surface area contributed by atoms with Gasteiger partial charge in [0, 0.05) is 16.3 Å². The van der Waals surface area contributed by atoms with E-state index in [0.29, 0.717) is 9.92 Å². The van der Waals surface area contributed by atoms with Crippen molar-refractivity contribution in [3.8, 4) is 5.75 Å². The Morgan fingerprint density at radius 2 is 1.88 bits per heavy atom. The molecule has 0 amide bonds. The molecule has 0 fully saturated rings. The lowest BCUT2D eigenvalue weighted by Gasteiger charge is -2.37. The summed E-state index contributed by atoms with van der Waals surface area (Å²) in [7, 11) is -0.701. The molecule has 0 aliphatic carbocycles. The lowest BCUT2D eigenvalue weighted by atomic mass is 9.88. The van der Waals surface area contributed by atoms with Crippen molar-refractivity contribution < 1.29 is 27.3 Å². The molecule has 0 spiro atoms. The molecular weight excluding hydrogens is 386 g/mol. The maximum Gasteiger partial charge on any atom is 0.307 e. The zero-order valence-corrected chi connectivity index (χ0v) is 15.3. The monoisotopic (exact) mass is 400 g/mol. The molecule has 1 aliphatic heterocycles. The van der Waals surface area contributed by atoms with Gasteiger partial charge in [0.05, 0.1) is 41.2 Å². The highest BCUT2D eigenvalue weighted by atomic mass is 35.5. The van der Waals surface area contributed by atoms with Crippen molar-refractivity contribution in [2.45, 2.75) is 22.5 Å². The summed E-state index contributed by atoms with van der Waals surface area (Å²) in [5, 5.41) is 0.442. The fourth-order valence-corrected chi connectivity index (χ4v) is 4.91. The first-order chi connectivity index (χ1) is 12.4. The number of benzene rings is 2. The molecule has 8 heteroatoms. The number of methoxy groups -OCH3 is 1. The normalized spacial score (nSPS) is 20.0. The molecule has 2 aromatic carbocycles. The minimum Gasteiger partial charge on any atom is -0.490 e. The average molecular weight is 401 g/mol. The first-order valence-electron chi connectivity index (χ1n) is 7.74. The van der Waals surface area contributed by atoms with E-state index >= 15 is 0 Å². The van der Waals surface area contributed by atoms with Crippen molar-refractivity contribution in [2.75, 3.05) is 13.7 Å². The van der Waals surface area contributed by atoms with Crippen molar-refractivity contribution in [2.24, 2.45) is 0 Å². The molecule has 26 heavy (non-hydrogen) atoms. The molecule has 1 aliphatic rings. The second kappa shape index (κ2) is 7.32. The number of carbonyl (C=O) groups excluding carboxylic acids is 1. The van der Waals surface area contributed by atoms with Crippen LogP contribution >= 0.6 is 11.6 Å². The quantitative estimate of drug-likeness (QED) is 0.729. The molecule has 2 aromatic rings. The van der Waals surface area contributed by atoms with Gasteiger partial charge in [-0.2, -0.15) is 0 Å². The Bertz CT molecular complexity index is 872. The topological polar surface area (TPSA) is 52.6 Å². The summed E-state index contributed by atoms with van der Waals surface area (Å²) in [4.78, 5) is 12.4.